The van der Waals surface area contributed by atoms with E-state index in [-0.39, 0.29) is 0 Å². The SMILES string of the molecule is Cc1cn(-c2cccc3[nH]c(C(=N)c4cc(-c5cncc(CN6CCCC6)c5)ccc4C)nc23)cn1. The summed E-state index contributed by atoms with van der Waals surface area (Å²) in [5, 5.41) is 9.04. The molecule has 0 atom stereocenters. The third-order valence-corrected chi connectivity index (χ3v) is 6.96. The van der Waals surface area contributed by atoms with Crippen LogP contribution in [0.3, 0.4) is 0 Å². The van der Waals surface area contributed by atoms with Gasteiger partial charge >= 0.3 is 0 Å². The Morgan fingerprint density at radius 1 is 1.03 bits per heavy atom. The summed E-state index contributed by atoms with van der Waals surface area (Å²) in [6.07, 6.45) is 10.2. The molecule has 6 rings (SSSR count). The minimum atomic E-state index is 0.375. The van der Waals surface area contributed by atoms with Crippen molar-refractivity contribution in [2.75, 3.05) is 13.1 Å². The van der Waals surface area contributed by atoms with Gasteiger partial charge in [-0.1, -0.05) is 18.2 Å². The Bertz CT molecular complexity index is 1570. The molecule has 1 fully saturated rings. The number of H-pyrrole nitrogens is 1. The number of aryl methyl sites for hydroxylation is 2. The number of aromatic amines is 1. The molecule has 0 bridgehead atoms. The summed E-state index contributed by atoms with van der Waals surface area (Å²) in [5.74, 6) is 0.551. The number of rotatable bonds is 6. The molecule has 1 saturated heterocycles. The zero-order chi connectivity index (χ0) is 24.6. The first-order valence-corrected chi connectivity index (χ1v) is 12.4. The lowest BCUT2D eigenvalue weighted by Gasteiger charge is -2.15. The van der Waals surface area contributed by atoms with Gasteiger partial charge in [-0.3, -0.25) is 15.3 Å². The van der Waals surface area contributed by atoms with E-state index in [0.717, 1.165) is 64.3 Å². The van der Waals surface area contributed by atoms with Crippen LogP contribution in [0.25, 0.3) is 27.8 Å². The summed E-state index contributed by atoms with van der Waals surface area (Å²) >= 11 is 0. The molecule has 36 heavy (non-hydrogen) atoms. The monoisotopic (exact) mass is 475 g/mol. The van der Waals surface area contributed by atoms with Crippen molar-refractivity contribution in [3.05, 3.63) is 95.6 Å². The number of nitrogens with zero attached hydrogens (tertiary/aromatic N) is 5. The van der Waals surface area contributed by atoms with Crippen molar-refractivity contribution in [2.45, 2.75) is 33.2 Å². The Balaban J connectivity index is 1.33. The van der Waals surface area contributed by atoms with Crippen molar-refractivity contribution in [3.8, 4) is 16.8 Å². The number of para-hydroxylation sites is 1. The van der Waals surface area contributed by atoms with Crippen LogP contribution in [0.1, 0.15) is 41.1 Å². The second-order valence-electron chi connectivity index (χ2n) is 9.65. The third-order valence-electron chi connectivity index (χ3n) is 6.96. The van der Waals surface area contributed by atoms with Crippen LogP contribution in [0.2, 0.25) is 0 Å². The van der Waals surface area contributed by atoms with Gasteiger partial charge in [0.05, 0.1) is 23.2 Å². The average Bonchev–Trinajstić information content (AvgIpc) is 3.65. The van der Waals surface area contributed by atoms with E-state index in [4.69, 9.17) is 10.4 Å². The van der Waals surface area contributed by atoms with Gasteiger partial charge in [-0.05, 0) is 80.7 Å². The van der Waals surface area contributed by atoms with Gasteiger partial charge in [0, 0.05) is 36.3 Å². The van der Waals surface area contributed by atoms with Crippen LogP contribution >= 0.6 is 0 Å². The summed E-state index contributed by atoms with van der Waals surface area (Å²) in [6, 6.07) is 14.5. The first-order chi connectivity index (χ1) is 17.5. The number of likely N-dealkylation sites (tertiary alicyclic amines) is 1. The molecule has 180 valence electrons. The lowest BCUT2D eigenvalue weighted by Crippen LogP contribution is -2.18. The maximum Gasteiger partial charge on any atom is 0.157 e. The molecule has 7 heteroatoms. The fourth-order valence-electron chi connectivity index (χ4n) is 5.03. The third kappa shape index (κ3) is 4.22. The molecule has 0 saturated carbocycles. The molecule has 5 aromatic rings. The van der Waals surface area contributed by atoms with Crippen molar-refractivity contribution in [3.63, 3.8) is 0 Å². The molecule has 1 aliphatic heterocycles. The van der Waals surface area contributed by atoms with Crippen LogP contribution in [0.5, 0.6) is 0 Å². The maximum atomic E-state index is 9.04. The predicted octanol–water partition coefficient (Wildman–Crippen LogP) is 5.44. The molecule has 3 aromatic heterocycles. The standard InChI is InChI=1S/C29H29N7/c1-19-8-9-22(23-12-21(14-31-15-23)17-35-10-3-4-11-35)13-24(19)27(30)29-33-25-6-5-7-26(28(25)34-29)36-16-20(2)32-18-36/h5-9,12-16,18,30H,3-4,10-11,17H2,1-2H3,(H,33,34). The van der Waals surface area contributed by atoms with Crippen LogP contribution in [-0.4, -0.2) is 48.2 Å². The highest BCUT2D eigenvalue weighted by Gasteiger charge is 2.17. The van der Waals surface area contributed by atoms with Crippen molar-refractivity contribution in [1.82, 2.24) is 29.4 Å². The van der Waals surface area contributed by atoms with Crippen LogP contribution < -0.4 is 0 Å². The van der Waals surface area contributed by atoms with Crippen LogP contribution in [-0.2, 0) is 6.54 Å². The number of pyridine rings is 1. The fraction of sp³-hybridized carbons (Fsp3) is 0.241. The Morgan fingerprint density at radius 2 is 1.89 bits per heavy atom. The molecule has 4 heterocycles. The molecule has 2 N–H and O–H groups in total. The second kappa shape index (κ2) is 9.17. The van der Waals surface area contributed by atoms with E-state index in [1.807, 2.05) is 55.2 Å². The van der Waals surface area contributed by atoms with Crippen molar-refractivity contribution >= 4 is 16.7 Å². The van der Waals surface area contributed by atoms with E-state index >= 15 is 0 Å². The summed E-state index contributed by atoms with van der Waals surface area (Å²) in [6.45, 7) is 7.27. The Hall–Kier alpha value is -4.10. The molecule has 0 unspecified atom stereocenters. The van der Waals surface area contributed by atoms with E-state index in [0.29, 0.717) is 11.5 Å². The van der Waals surface area contributed by atoms with Gasteiger partial charge in [0.25, 0.3) is 0 Å². The largest absolute Gasteiger partial charge is 0.337 e. The minimum absolute atomic E-state index is 0.375. The lowest BCUT2D eigenvalue weighted by atomic mass is 9.97. The number of aromatic nitrogens is 5. The topological polar surface area (TPSA) is 86.5 Å². The van der Waals surface area contributed by atoms with E-state index in [2.05, 4.69) is 44.1 Å². The van der Waals surface area contributed by atoms with Crippen LogP contribution in [0.4, 0.5) is 0 Å². The highest BCUT2D eigenvalue weighted by atomic mass is 15.1. The Kier molecular flexibility index (Phi) is 5.70. The number of benzene rings is 2. The quantitative estimate of drug-likeness (QED) is 0.320. The molecule has 0 spiro atoms. The number of fused-ring (bicyclic) bond motifs is 1. The fourth-order valence-corrected chi connectivity index (χ4v) is 5.03. The summed E-state index contributed by atoms with van der Waals surface area (Å²) < 4.78 is 1.97. The zero-order valence-electron chi connectivity index (χ0n) is 20.6. The first-order valence-electron chi connectivity index (χ1n) is 12.4. The molecule has 0 amide bonds. The smallest absolute Gasteiger partial charge is 0.157 e. The molecule has 7 nitrogen and oxygen atoms in total. The Labute approximate surface area is 210 Å². The molecular weight excluding hydrogens is 446 g/mol. The molecule has 1 aliphatic rings. The summed E-state index contributed by atoms with van der Waals surface area (Å²) in [5.41, 5.74) is 9.23. The number of hydrogen-bond acceptors (Lipinski definition) is 5. The average molecular weight is 476 g/mol. The zero-order valence-corrected chi connectivity index (χ0v) is 20.6. The normalized spacial score (nSPS) is 14.1. The first kappa shape index (κ1) is 22.4. The highest BCUT2D eigenvalue weighted by Crippen LogP contribution is 2.26. The van der Waals surface area contributed by atoms with Crippen molar-refractivity contribution in [1.29, 1.82) is 5.41 Å². The van der Waals surface area contributed by atoms with Crippen LogP contribution in [0.15, 0.2) is 67.4 Å². The lowest BCUT2D eigenvalue weighted by molar-refractivity contribution is 0.331. The minimum Gasteiger partial charge on any atom is -0.337 e. The molecular formula is C29H29N7. The molecule has 0 aliphatic carbocycles. The van der Waals surface area contributed by atoms with Crippen LogP contribution in [0, 0.1) is 19.3 Å². The number of imidazole rings is 2. The van der Waals surface area contributed by atoms with Gasteiger partial charge < -0.3 is 9.55 Å². The number of nitrogens with one attached hydrogen (secondary N) is 2. The van der Waals surface area contributed by atoms with E-state index in [9.17, 15) is 0 Å². The van der Waals surface area contributed by atoms with Gasteiger partial charge in [0.1, 0.15) is 11.2 Å². The number of hydrogen-bond donors (Lipinski definition) is 2. The Morgan fingerprint density at radius 3 is 2.69 bits per heavy atom. The predicted molar refractivity (Wildman–Crippen MR) is 143 cm³/mol. The second-order valence-corrected chi connectivity index (χ2v) is 9.65. The van der Waals surface area contributed by atoms with E-state index in [1.54, 1.807) is 6.33 Å². The highest BCUT2D eigenvalue weighted by molar-refractivity contribution is 6.11. The van der Waals surface area contributed by atoms with Gasteiger partial charge in [0.2, 0.25) is 0 Å². The van der Waals surface area contributed by atoms with E-state index < -0.39 is 0 Å². The maximum absolute atomic E-state index is 9.04. The van der Waals surface area contributed by atoms with Crippen molar-refractivity contribution in [2.24, 2.45) is 0 Å². The van der Waals surface area contributed by atoms with Gasteiger partial charge in [-0.15, -0.1) is 0 Å². The molecule has 0 radical (unpaired) electrons. The molecule has 2 aromatic carbocycles. The summed E-state index contributed by atoms with van der Waals surface area (Å²) in [7, 11) is 0. The van der Waals surface area contributed by atoms with E-state index in [1.165, 1.54) is 18.4 Å². The van der Waals surface area contributed by atoms with Crippen molar-refractivity contribution < 1.29 is 0 Å². The van der Waals surface area contributed by atoms with Gasteiger partial charge in [-0.2, -0.15) is 0 Å². The van der Waals surface area contributed by atoms with Gasteiger partial charge in [-0.25, -0.2) is 9.97 Å². The van der Waals surface area contributed by atoms with Gasteiger partial charge in [0.15, 0.2) is 5.82 Å². The summed E-state index contributed by atoms with van der Waals surface area (Å²) in [4.78, 5) is 19.6.